The van der Waals surface area contributed by atoms with E-state index in [-0.39, 0.29) is 24.1 Å². The summed E-state index contributed by atoms with van der Waals surface area (Å²) in [4.78, 5) is 15.8. The van der Waals surface area contributed by atoms with E-state index in [0.717, 1.165) is 11.1 Å². The monoisotopic (exact) mass is 465 g/mol. The first kappa shape index (κ1) is 22.0. The molecule has 0 radical (unpaired) electrons. The molecule has 5 rings (SSSR count). The molecule has 176 valence electrons. The summed E-state index contributed by atoms with van der Waals surface area (Å²) in [6.45, 7) is 0.412. The number of rotatable bonds is 7. The molecule has 0 fully saturated rings. The number of aromatic nitrogens is 1. The van der Waals surface area contributed by atoms with Crippen LogP contribution in [-0.4, -0.2) is 31.8 Å². The lowest BCUT2D eigenvalue weighted by molar-refractivity contribution is -0.141. The molecule has 0 N–H and O–H groups in total. The van der Waals surface area contributed by atoms with Crippen molar-refractivity contribution in [2.75, 3.05) is 20.8 Å². The van der Waals surface area contributed by atoms with Crippen LogP contribution in [-0.2, 0) is 16.0 Å². The molecule has 0 unspecified atom stereocenters. The lowest BCUT2D eigenvalue weighted by Gasteiger charge is -2.17. The second kappa shape index (κ2) is 9.21. The minimum Gasteiger partial charge on any atom is -0.492 e. The minimum absolute atomic E-state index is 0.0479. The van der Waals surface area contributed by atoms with Gasteiger partial charge >= 0.3 is 5.97 Å². The molecule has 0 spiro atoms. The topological polar surface area (TPSA) is 76.1 Å². The number of pyridine rings is 1. The van der Waals surface area contributed by atoms with Gasteiger partial charge in [0.2, 0.25) is 5.88 Å². The summed E-state index contributed by atoms with van der Waals surface area (Å²) in [6.07, 6.45) is 2.63. The molecule has 2 heterocycles. The third-order valence-electron chi connectivity index (χ3n) is 6.17. The predicted molar refractivity (Wildman–Crippen MR) is 120 cm³/mol. The van der Waals surface area contributed by atoms with Crippen LogP contribution < -0.4 is 18.9 Å². The number of ether oxygens (including phenoxy) is 5. The van der Waals surface area contributed by atoms with Crippen molar-refractivity contribution in [1.29, 1.82) is 0 Å². The summed E-state index contributed by atoms with van der Waals surface area (Å²) >= 11 is 0. The smallest absolute Gasteiger partial charge is 0.306 e. The molecule has 1 aliphatic heterocycles. The molecule has 0 amide bonds. The van der Waals surface area contributed by atoms with Gasteiger partial charge in [0.05, 0.1) is 33.4 Å². The predicted octanol–water partition coefficient (Wildman–Crippen LogP) is 5.13. The van der Waals surface area contributed by atoms with E-state index in [9.17, 15) is 9.18 Å². The lowest BCUT2D eigenvalue weighted by Crippen LogP contribution is -2.09. The maximum Gasteiger partial charge on any atom is 0.306 e. The van der Waals surface area contributed by atoms with Crippen LogP contribution in [0.3, 0.4) is 0 Å². The first-order valence-corrected chi connectivity index (χ1v) is 11.0. The average molecular weight is 465 g/mol. The Balaban J connectivity index is 1.34. The Morgan fingerprint density at radius 2 is 2.00 bits per heavy atom. The van der Waals surface area contributed by atoms with Crippen LogP contribution in [0.25, 0.3) is 0 Å². The average Bonchev–Trinajstić information content (AvgIpc) is 3.46. The van der Waals surface area contributed by atoms with Crippen molar-refractivity contribution in [2.45, 2.75) is 31.3 Å². The molecule has 0 saturated heterocycles. The summed E-state index contributed by atoms with van der Waals surface area (Å²) < 4.78 is 42.6. The Morgan fingerprint density at radius 1 is 1.15 bits per heavy atom. The highest BCUT2D eigenvalue weighted by molar-refractivity contribution is 5.71. The molecule has 1 aromatic heterocycles. The molecule has 2 aromatic carbocycles. The van der Waals surface area contributed by atoms with Gasteiger partial charge in [-0.15, -0.1) is 0 Å². The molecule has 0 bridgehead atoms. The summed E-state index contributed by atoms with van der Waals surface area (Å²) in [7, 11) is 2.92. The summed E-state index contributed by atoms with van der Waals surface area (Å²) in [5.74, 6) is 2.22. The lowest BCUT2D eigenvalue weighted by atomic mass is 9.98. The van der Waals surface area contributed by atoms with E-state index in [1.54, 1.807) is 37.6 Å². The summed E-state index contributed by atoms with van der Waals surface area (Å²) in [6, 6.07) is 12.0. The number of esters is 1. The number of hydrogen-bond acceptors (Lipinski definition) is 7. The highest BCUT2D eigenvalue weighted by atomic mass is 19.1. The number of carbonyl (C=O) groups excluding carboxylic acids is 1. The molecule has 2 atom stereocenters. The van der Waals surface area contributed by atoms with Crippen LogP contribution in [0, 0.1) is 5.82 Å². The van der Waals surface area contributed by atoms with Crippen LogP contribution in [0.1, 0.15) is 41.6 Å². The number of fused-ring (bicyclic) bond motifs is 2. The largest absolute Gasteiger partial charge is 0.492 e. The molecule has 8 heteroatoms. The van der Waals surface area contributed by atoms with E-state index in [1.165, 1.54) is 13.2 Å². The van der Waals surface area contributed by atoms with Crippen molar-refractivity contribution < 1.29 is 32.9 Å². The first-order valence-electron chi connectivity index (χ1n) is 11.0. The number of methoxy groups -OCH3 is 2. The number of carbonyl (C=O) groups is 1. The Hall–Kier alpha value is -3.81. The van der Waals surface area contributed by atoms with Crippen molar-refractivity contribution in [3.63, 3.8) is 0 Å². The molecule has 0 saturated carbocycles. The zero-order valence-electron chi connectivity index (χ0n) is 18.9. The van der Waals surface area contributed by atoms with Crippen LogP contribution >= 0.6 is 0 Å². The van der Waals surface area contributed by atoms with E-state index in [1.807, 2.05) is 12.1 Å². The van der Waals surface area contributed by atoms with Gasteiger partial charge in [-0.1, -0.05) is 6.07 Å². The van der Waals surface area contributed by atoms with Gasteiger partial charge in [-0.3, -0.25) is 4.79 Å². The second-order valence-electron chi connectivity index (χ2n) is 8.21. The highest BCUT2D eigenvalue weighted by Crippen LogP contribution is 2.44. The van der Waals surface area contributed by atoms with Gasteiger partial charge in [0.1, 0.15) is 34.9 Å². The minimum atomic E-state index is -0.446. The normalized spacial score (nSPS) is 18.0. The zero-order chi connectivity index (χ0) is 23.7. The van der Waals surface area contributed by atoms with Crippen LogP contribution in [0.15, 0.2) is 48.7 Å². The SMILES string of the molecule is COC(=O)C[C@@H]1COc2cc(O[C@@H]3CCc4c(Oc5ccc(OC)nc5)ccc(F)c43)ccc21. The van der Waals surface area contributed by atoms with Gasteiger partial charge in [0.15, 0.2) is 0 Å². The Kier molecular flexibility index (Phi) is 5.96. The molecule has 3 aromatic rings. The fourth-order valence-corrected chi connectivity index (χ4v) is 4.48. The highest BCUT2D eigenvalue weighted by Gasteiger charge is 2.32. The fourth-order valence-electron chi connectivity index (χ4n) is 4.48. The molecule has 1 aliphatic carbocycles. The van der Waals surface area contributed by atoms with E-state index in [4.69, 9.17) is 23.7 Å². The fraction of sp³-hybridized carbons (Fsp3) is 0.308. The third-order valence-corrected chi connectivity index (χ3v) is 6.17. The van der Waals surface area contributed by atoms with Crippen molar-refractivity contribution in [3.8, 4) is 28.9 Å². The van der Waals surface area contributed by atoms with E-state index in [0.29, 0.717) is 53.9 Å². The van der Waals surface area contributed by atoms with Crippen molar-refractivity contribution >= 4 is 5.97 Å². The maximum atomic E-state index is 14.9. The quantitative estimate of drug-likeness (QED) is 0.448. The van der Waals surface area contributed by atoms with E-state index >= 15 is 0 Å². The number of halogens is 1. The van der Waals surface area contributed by atoms with Gasteiger partial charge in [0, 0.05) is 34.7 Å². The second-order valence-corrected chi connectivity index (χ2v) is 8.21. The van der Waals surface area contributed by atoms with E-state index < -0.39 is 6.10 Å². The number of nitrogens with zero attached hydrogens (tertiary/aromatic N) is 1. The Morgan fingerprint density at radius 3 is 2.76 bits per heavy atom. The molecule has 2 aliphatic rings. The van der Waals surface area contributed by atoms with Crippen LogP contribution in [0.2, 0.25) is 0 Å². The molecule has 34 heavy (non-hydrogen) atoms. The number of hydrogen-bond donors (Lipinski definition) is 0. The molecular formula is C26H24FNO6. The van der Waals surface area contributed by atoms with Gasteiger partial charge < -0.3 is 23.7 Å². The third kappa shape index (κ3) is 4.23. The van der Waals surface area contributed by atoms with Gasteiger partial charge in [-0.2, -0.15) is 0 Å². The zero-order valence-corrected chi connectivity index (χ0v) is 18.9. The van der Waals surface area contributed by atoms with Crippen molar-refractivity contribution in [3.05, 3.63) is 71.2 Å². The Bertz CT molecular complexity index is 1210. The molecular weight excluding hydrogens is 441 g/mol. The summed E-state index contributed by atoms with van der Waals surface area (Å²) in [5, 5.41) is 0. The van der Waals surface area contributed by atoms with Gasteiger partial charge in [-0.05, 0) is 37.1 Å². The van der Waals surface area contributed by atoms with Crippen molar-refractivity contribution in [2.24, 2.45) is 0 Å². The van der Waals surface area contributed by atoms with Crippen molar-refractivity contribution in [1.82, 2.24) is 4.98 Å². The van der Waals surface area contributed by atoms with E-state index in [2.05, 4.69) is 4.98 Å². The Labute approximate surface area is 196 Å². The molecule has 7 nitrogen and oxygen atoms in total. The maximum absolute atomic E-state index is 14.9. The number of benzene rings is 2. The first-order chi connectivity index (χ1) is 16.6. The summed E-state index contributed by atoms with van der Waals surface area (Å²) in [5.41, 5.74) is 2.24. The van der Waals surface area contributed by atoms with Gasteiger partial charge in [0.25, 0.3) is 0 Å². The van der Waals surface area contributed by atoms with Crippen LogP contribution in [0.5, 0.6) is 28.9 Å². The standard InChI is InChI=1S/C26H24FNO6/c1-30-24-10-4-17(13-28-24)34-21-9-7-20(27)26-19(21)6-8-22(26)33-16-3-5-18-15(11-25(29)31-2)14-32-23(18)12-16/h3-5,7,9-10,12-13,15,22H,6,8,11,14H2,1-2H3/t15-,22-/m1/s1. The van der Waals surface area contributed by atoms with Gasteiger partial charge in [-0.25, -0.2) is 9.37 Å². The van der Waals surface area contributed by atoms with Crippen LogP contribution in [0.4, 0.5) is 4.39 Å².